The first-order valence-electron chi connectivity index (χ1n) is 1.32. The van der Waals surface area contributed by atoms with Crippen LogP contribution in [0.2, 0.25) is 0 Å². The summed E-state index contributed by atoms with van der Waals surface area (Å²) in [6, 6.07) is 0. The van der Waals surface area contributed by atoms with Crippen LogP contribution in [0.1, 0.15) is 6.42 Å². The summed E-state index contributed by atoms with van der Waals surface area (Å²) in [5, 5.41) is 0. The van der Waals surface area contributed by atoms with Crippen molar-refractivity contribution in [3.63, 3.8) is 0 Å². The summed E-state index contributed by atoms with van der Waals surface area (Å²) >= 11 is 0. The van der Waals surface area contributed by atoms with E-state index in [9.17, 15) is 0 Å². The molecule has 0 saturated heterocycles. The number of allylic oxidation sites excluding steroid dienone is 1. The van der Waals surface area contributed by atoms with Crippen molar-refractivity contribution in [2.24, 2.45) is 0 Å². The van der Waals surface area contributed by atoms with Crippen LogP contribution in [0.4, 0.5) is 0 Å². The fourth-order valence-corrected chi connectivity index (χ4v) is 0. The molecule has 0 aromatic rings. The summed E-state index contributed by atoms with van der Waals surface area (Å²) in [5.74, 6) is 0. The average Bonchev–Trinajstić information content (AvgIpc) is 1.37. The molecule has 34 valence electrons. The molecule has 0 fully saturated rings. The molecule has 0 aliphatic heterocycles. The van der Waals surface area contributed by atoms with E-state index in [-0.39, 0.29) is 16.5 Å². The van der Waals surface area contributed by atoms with Crippen molar-refractivity contribution in [3.8, 4) is 0 Å². The van der Waals surface area contributed by atoms with Crippen LogP contribution in [-0.2, 0) is 16.5 Å². The van der Waals surface area contributed by atoms with Crippen LogP contribution in [0, 0.1) is 6.92 Å². The van der Waals surface area contributed by atoms with Gasteiger partial charge in [0.05, 0.1) is 0 Å². The summed E-state index contributed by atoms with van der Waals surface area (Å²) in [4.78, 5) is 0. The van der Waals surface area contributed by atoms with Crippen molar-refractivity contribution in [1.29, 1.82) is 0 Å². The maximum absolute atomic E-state index is 3.49. The minimum atomic E-state index is 0. The van der Waals surface area contributed by atoms with Crippen LogP contribution < -0.4 is 0 Å². The van der Waals surface area contributed by atoms with Gasteiger partial charge >= 0.3 is 0 Å². The van der Waals surface area contributed by atoms with Gasteiger partial charge in [0.15, 0.2) is 0 Å². The van der Waals surface area contributed by atoms with Crippen LogP contribution in [0.25, 0.3) is 0 Å². The fraction of sp³-hybridized carbons (Fsp3) is 0.250. The van der Waals surface area contributed by atoms with E-state index in [1.54, 1.807) is 6.08 Å². The minimum Gasteiger partial charge on any atom is -0.340 e. The van der Waals surface area contributed by atoms with Gasteiger partial charge in [0.2, 0.25) is 0 Å². The van der Waals surface area contributed by atoms with Crippen LogP contribution in [0.15, 0.2) is 12.7 Å². The van der Waals surface area contributed by atoms with Gasteiger partial charge in [0.1, 0.15) is 0 Å². The standard InChI is InChI=1S/C4H7.Ni/c1-3-4-2;/h3H,1-2,4H2;/q-1;. The summed E-state index contributed by atoms with van der Waals surface area (Å²) in [6.45, 7) is 6.90. The number of rotatable bonds is 1. The largest absolute Gasteiger partial charge is 0.340 e. The Bertz CT molecular complexity index is 17.6. The Morgan fingerprint density at radius 3 is 2.00 bits per heavy atom. The van der Waals surface area contributed by atoms with E-state index in [1.165, 1.54) is 0 Å². The third-order valence-corrected chi connectivity index (χ3v) is 0.204. The number of hydrogen-bond donors (Lipinski definition) is 0. The molecule has 0 spiro atoms. The van der Waals surface area contributed by atoms with Crippen LogP contribution >= 0.6 is 0 Å². The van der Waals surface area contributed by atoms with E-state index < -0.39 is 0 Å². The predicted octanol–water partition coefficient (Wildman–Crippen LogP) is 1.39. The molecule has 0 aromatic carbocycles. The van der Waals surface area contributed by atoms with Crippen molar-refractivity contribution < 1.29 is 16.5 Å². The number of hydrogen-bond acceptors (Lipinski definition) is 0. The molecule has 0 bridgehead atoms. The Labute approximate surface area is 43.2 Å². The zero-order valence-electron chi connectivity index (χ0n) is 3.01. The van der Waals surface area contributed by atoms with Crippen molar-refractivity contribution in [2.75, 3.05) is 0 Å². The van der Waals surface area contributed by atoms with Gasteiger partial charge < -0.3 is 6.92 Å². The van der Waals surface area contributed by atoms with E-state index in [0.717, 1.165) is 6.42 Å². The molecule has 0 saturated carbocycles. The monoisotopic (exact) mass is 113 g/mol. The topological polar surface area (TPSA) is 0 Å². The molecule has 1 heteroatoms. The van der Waals surface area contributed by atoms with Gasteiger partial charge in [0.25, 0.3) is 0 Å². The molecule has 5 heavy (non-hydrogen) atoms. The molecular formula is C4H7Ni-. The summed E-state index contributed by atoms with van der Waals surface area (Å²) in [5.41, 5.74) is 0. The smallest absolute Gasteiger partial charge is 0 e. The summed E-state index contributed by atoms with van der Waals surface area (Å²) < 4.78 is 0. The average molecular weight is 114 g/mol. The van der Waals surface area contributed by atoms with Gasteiger partial charge in [-0.2, -0.15) is 6.42 Å². The zero-order chi connectivity index (χ0) is 3.41. The first kappa shape index (κ1) is 8.97. The van der Waals surface area contributed by atoms with Crippen LogP contribution in [0.5, 0.6) is 0 Å². The zero-order valence-corrected chi connectivity index (χ0v) is 4.00. The second-order valence-corrected chi connectivity index (χ2v) is 0.577. The Balaban J connectivity index is 0. The van der Waals surface area contributed by atoms with E-state index in [2.05, 4.69) is 13.5 Å². The van der Waals surface area contributed by atoms with Crippen LogP contribution in [-0.4, -0.2) is 0 Å². The Morgan fingerprint density at radius 1 is 1.80 bits per heavy atom. The molecule has 0 heterocycles. The third-order valence-electron chi connectivity index (χ3n) is 0.204. The normalized spacial score (nSPS) is 5.00. The molecule has 0 aromatic heterocycles. The van der Waals surface area contributed by atoms with E-state index in [0.29, 0.717) is 0 Å². The fourth-order valence-electron chi connectivity index (χ4n) is 0. The van der Waals surface area contributed by atoms with E-state index in [1.807, 2.05) is 0 Å². The van der Waals surface area contributed by atoms with Crippen LogP contribution in [0.3, 0.4) is 0 Å². The Morgan fingerprint density at radius 2 is 2.00 bits per heavy atom. The Hall–Kier alpha value is 0.234. The van der Waals surface area contributed by atoms with Gasteiger partial charge in [0, 0.05) is 16.5 Å². The maximum atomic E-state index is 3.49. The SMILES string of the molecule is C=CC[CH2-].[Ni]. The maximum Gasteiger partial charge on any atom is 0 e. The van der Waals surface area contributed by atoms with Gasteiger partial charge in [-0.25, -0.2) is 0 Å². The van der Waals surface area contributed by atoms with Gasteiger partial charge in [-0.3, -0.25) is 0 Å². The first-order chi connectivity index (χ1) is 1.91. The molecule has 0 unspecified atom stereocenters. The van der Waals surface area contributed by atoms with Crippen molar-refractivity contribution in [1.82, 2.24) is 0 Å². The molecule has 0 aliphatic rings. The molecule has 0 aliphatic carbocycles. The van der Waals surface area contributed by atoms with Crippen molar-refractivity contribution in [3.05, 3.63) is 19.6 Å². The van der Waals surface area contributed by atoms with E-state index >= 15 is 0 Å². The second kappa shape index (κ2) is 8.87. The molecule has 0 radical (unpaired) electrons. The molecular weight excluding hydrogens is 107 g/mol. The quantitative estimate of drug-likeness (QED) is 0.274. The summed E-state index contributed by atoms with van der Waals surface area (Å²) in [7, 11) is 0. The van der Waals surface area contributed by atoms with Gasteiger partial charge in [-0.15, -0.1) is 12.7 Å². The summed E-state index contributed by atoms with van der Waals surface area (Å²) in [6.07, 6.45) is 2.60. The first-order valence-corrected chi connectivity index (χ1v) is 1.32. The van der Waals surface area contributed by atoms with Gasteiger partial charge in [-0.05, 0) is 0 Å². The second-order valence-electron chi connectivity index (χ2n) is 0.577. The molecule has 0 nitrogen and oxygen atoms in total. The molecule has 0 rings (SSSR count). The molecule has 0 amide bonds. The van der Waals surface area contributed by atoms with Gasteiger partial charge in [-0.1, -0.05) is 0 Å². The van der Waals surface area contributed by atoms with Crippen molar-refractivity contribution >= 4 is 0 Å². The molecule has 0 N–H and O–H groups in total. The minimum absolute atomic E-state index is 0. The third kappa shape index (κ3) is 13.9. The predicted molar refractivity (Wildman–Crippen MR) is 20.2 cm³/mol. The van der Waals surface area contributed by atoms with Crippen molar-refractivity contribution in [2.45, 2.75) is 6.42 Å². The molecule has 0 atom stereocenters. The van der Waals surface area contributed by atoms with E-state index in [4.69, 9.17) is 0 Å². The Kier molecular flexibility index (Phi) is 15.9.